The molecule has 0 atom stereocenters. The van der Waals surface area contributed by atoms with Crippen LogP contribution in [0.5, 0.6) is 0 Å². The van der Waals surface area contributed by atoms with E-state index in [-0.39, 0.29) is 11.8 Å². The number of imide groups is 1. The van der Waals surface area contributed by atoms with Gasteiger partial charge in [0.25, 0.3) is 11.8 Å². The molecule has 3 rings (SSSR count). The van der Waals surface area contributed by atoms with Gasteiger partial charge in [0, 0.05) is 0 Å². The molecule has 0 fully saturated rings. The standard InChI is InChI=1S/C16H12FNO2/c1-9-7-13-14(8-10(9)2)16(20)18(15(13)19)12-5-3-11(17)4-6-12/h3-8H,1-2H3. The summed E-state index contributed by atoms with van der Waals surface area (Å²) in [6.45, 7) is 3.79. The van der Waals surface area contributed by atoms with Crippen molar-refractivity contribution in [3.63, 3.8) is 0 Å². The molecule has 100 valence electrons. The van der Waals surface area contributed by atoms with Crippen LogP contribution in [0.3, 0.4) is 0 Å². The first-order chi connectivity index (χ1) is 9.49. The highest BCUT2D eigenvalue weighted by atomic mass is 19.1. The van der Waals surface area contributed by atoms with Crippen molar-refractivity contribution >= 4 is 17.5 Å². The smallest absolute Gasteiger partial charge is 0.266 e. The van der Waals surface area contributed by atoms with Gasteiger partial charge in [0.15, 0.2) is 0 Å². The number of amides is 2. The third-order valence-electron chi connectivity index (χ3n) is 3.59. The predicted octanol–water partition coefficient (Wildman–Crippen LogP) is 3.24. The van der Waals surface area contributed by atoms with Crippen LogP contribution in [0.4, 0.5) is 10.1 Å². The van der Waals surface area contributed by atoms with Gasteiger partial charge in [-0.25, -0.2) is 9.29 Å². The molecule has 0 aromatic heterocycles. The van der Waals surface area contributed by atoms with Crippen LogP contribution < -0.4 is 4.90 Å². The normalized spacial score (nSPS) is 13.8. The van der Waals surface area contributed by atoms with Gasteiger partial charge in [-0.3, -0.25) is 9.59 Å². The summed E-state index contributed by atoms with van der Waals surface area (Å²) in [4.78, 5) is 25.8. The van der Waals surface area contributed by atoms with Crippen molar-refractivity contribution in [1.29, 1.82) is 0 Å². The summed E-state index contributed by atoms with van der Waals surface area (Å²) >= 11 is 0. The van der Waals surface area contributed by atoms with Gasteiger partial charge in [-0.2, -0.15) is 0 Å². The second-order valence-corrected chi connectivity index (χ2v) is 4.90. The fraction of sp³-hybridized carbons (Fsp3) is 0.125. The Morgan fingerprint density at radius 3 is 1.75 bits per heavy atom. The zero-order chi connectivity index (χ0) is 14.4. The highest BCUT2D eigenvalue weighted by molar-refractivity contribution is 6.34. The molecule has 2 amide bonds. The zero-order valence-electron chi connectivity index (χ0n) is 11.1. The Morgan fingerprint density at radius 1 is 0.850 bits per heavy atom. The maximum absolute atomic E-state index is 12.9. The van der Waals surface area contributed by atoms with Gasteiger partial charge < -0.3 is 0 Å². The Balaban J connectivity index is 2.12. The molecule has 1 aliphatic heterocycles. The number of hydrogen-bond acceptors (Lipinski definition) is 2. The van der Waals surface area contributed by atoms with E-state index in [1.807, 2.05) is 13.8 Å². The lowest BCUT2D eigenvalue weighted by atomic mass is 10.0. The molecule has 0 spiro atoms. The quantitative estimate of drug-likeness (QED) is 0.745. The van der Waals surface area contributed by atoms with Crippen LogP contribution in [-0.4, -0.2) is 11.8 Å². The number of hydrogen-bond donors (Lipinski definition) is 0. The molecular formula is C16H12FNO2. The first kappa shape index (κ1) is 12.5. The largest absolute Gasteiger partial charge is 0.268 e. The van der Waals surface area contributed by atoms with E-state index in [4.69, 9.17) is 0 Å². The first-order valence-electron chi connectivity index (χ1n) is 6.24. The summed E-state index contributed by atoms with van der Waals surface area (Å²) in [5.74, 6) is -1.13. The average molecular weight is 269 g/mol. The fourth-order valence-electron chi connectivity index (χ4n) is 2.33. The van der Waals surface area contributed by atoms with Crippen LogP contribution in [-0.2, 0) is 0 Å². The third kappa shape index (κ3) is 1.72. The summed E-state index contributed by atoms with van der Waals surface area (Å²) in [6, 6.07) is 8.78. The summed E-state index contributed by atoms with van der Waals surface area (Å²) in [5, 5.41) is 0. The average Bonchev–Trinajstić information content (AvgIpc) is 2.65. The first-order valence-corrected chi connectivity index (χ1v) is 6.24. The lowest BCUT2D eigenvalue weighted by Gasteiger charge is -2.13. The lowest BCUT2D eigenvalue weighted by Crippen LogP contribution is -2.29. The second-order valence-electron chi connectivity index (χ2n) is 4.90. The van der Waals surface area contributed by atoms with Crippen LogP contribution in [0.2, 0.25) is 0 Å². The van der Waals surface area contributed by atoms with Crippen molar-refractivity contribution < 1.29 is 14.0 Å². The van der Waals surface area contributed by atoms with Crippen molar-refractivity contribution in [3.05, 3.63) is 64.5 Å². The van der Waals surface area contributed by atoms with E-state index >= 15 is 0 Å². The maximum Gasteiger partial charge on any atom is 0.266 e. The molecule has 0 bridgehead atoms. The van der Waals surface area contributed by atoms with Gasteiger partial charge in [0.2, 0.25) is 0 Å². The molecule has 0 saturated heterocycles. The van der Waals surface area contributed by atoms with Crippen LogP contribution >= 0.6 is 0 Å². The molecule has 2 aromatic rings. The number of halogens is 1. The lowest BCUT2D eigenvalue weighted by molar-refractivity contribution is 0.0926. The minimum absolute atomic E-state index is 0.361. The molecule has 1 aliphatic rings. The van der Waals surface area contributed by atoms with E-state index in [1.54, 1.807) is 12.1 Å². The Kier molecular flexibility index (Phi) is 2.67. The molecule has 0 radical (unpaired) electrons. The molecule has 0 saturated carbocycles. The summed E-state index contributed by atoms with van der Waals surface area (Å²) < 4.78 is 12.9. The monoisotopic (exact) mass is 269 g/mol. The molecule has 1 heterocycles. The van der Waals surface area contributed by atoms with E-state index in [1.165, 1.54) is 24.3 Å². The van der Waals surface area contributed by atoms with Crippen molar-refractivity contribution in [2.75, 3.05) is 4.90 Å². The van der Waals surface area contributed by atoms with Crippen LogP contribution in [0.25, 0.3) is 0 Å². The highest BCUT2D eigenvalue weighted by Gasteiger charge is 2.36. The van der Waals surface area contributed by atoms with Crippen LogP contribution in [0, 0.1) is 19.7 Å². The van der Waals surface area contributed by atoms with Gasteiger partial charge in [0.1, 0.15) is 5.82 Å². The van der Waals surface area contributed by atoms with Crippen molar-refractivity contribution in [3.8, 4) is 0 Å². The van der Waals surface area contributed by atoms with Gasteiger partial charge >= 0.3 is 0 Å². The van der Waals surface area contributed by atoms with Crippen molar-refractivity contribution in [2.45, 2.75) is 13.8 Å². The van der Waals surface area contributed by atoms with Gasteiger partial charge in [-0.15, -0.1) is 0 Å². The number of rotatable bonds is 1. The second kappa shape index (κ2) is 4.27. The van der Waals surface area contributed by atoms with E-state index in [0.717, 1.165) is 16.0 Å². The number of carbonyl (C=O) groups is 2. The highest BCUT2D eigenvalue weighted by Crippen LogP contribution is 2.30. The zero-order valence-corrected chi connectivity index (χ0v) is 11.1. The molecule has 20 heavy (non-hydrogen) atoms. The molecule has 4 heteroatoms. The molecule has 0 N–H and O–H groups in total. The SMILES string of the molecule is Cc1cc2c(cc1C)C(=O)N(c1ccc(F)cc1)C2=O. The number of carbonyl (C=O) groups excluding carboxylic acids is 2. The van der Waals surface area contributed by atoms with Gasteiger partial charge in [0.05, 0.1) is 16.8 Å². The molecular weight excluding hydrogens is 257 g/mol. The number of benzene rings is 2. The minimum Gasteiger partial charge on any atom is -0.268 e. The maximum atomic E-state index is 12.9. The number of nitrogens with zero attached hydrogens (tertiary/aromatic N) is 1. The molecule has 3 nitrogen and oxygen atoms in total. The predicted molar refractivity (Wildman–Crippen MR) is 73.5 cm³/mol. The Bertz CT molecular complexity index is 694. The van der Waals surface area contributed by atoms with E-state index in [0.29, 0.717) is 16.8 Å². The van der Waals surface area contributed by atoms with Gasteiger partial charge in [-0.05, 0) is 61.4 Å². The van der Waals surface area contributed by atoms with E-state index < -0.39 is 5.82 Å². The van der Waals surface area contributed by atoms with E-state index in [2.05, 4.69) is 0 Å². The number of fused-ring (bicyclic) bond motifs is 1. The molecule has 2 aromatic carbocycles. The molecule has 0 aliphatic carbocycles. The third-order valence-corrected chi connectivity index (χ3v) is 3.59. The number of anilines is 1. The van der Waals surface area contributed by atoms with Crippen LogP contribution in [0.1, 0.15) is 31.8 Å². The Hall–Kier alpha value is -2.49. The van der Waals surface area contributed by atoms with Gasteiger partial charge in [-0.1, -0.05) is 0 Å². The molecule has 0 unspecified atom stereocenters. The summed E-state index contributed by atoms with van der Waals surface area (Å²) in [6.07, 6.45) is 0. The minimum atomic E-state index is -0.406. The van der Waals surface area contributed by atoms with Crippen molar-refractivity contribution in [1.82, 2.24) is 0 Å². The van der Waals surface area contributed by atoms with E-state index in [9.17, 15) is 14.0 Å². The van der Waals surface area contributed by atoms with Crippen molar-refractivity contribution in [2.24, 2.45) is 0 Å². The summed E-state index contributed by atoms with van der Waals surface area (Å²) in [7, 11) is 0. The topological polar surface area (TPSA) is 37.4 Å². The number of aryl methyl sites for hydroxylation is 2. The summed E-state index contributed by atoms with van der Waals surface area (Å²) in [5.41, 5.74) is 3.12. The fourth-order valence-corrected chi connectivity index (χ4v) is 2.33. The van der Waals surface area contributed by atoms with Crippen LogP contribution in [0.15, 0.2) is 36.4 Å². The Morgan fingerprint density at radius 2 is 1.30 bits per heavy atom. The Labute approximate surface area is 115 Å².